The Hall–Kier alpha value is -3.02. The number of ether oxygens (including phenoxy) is 3. The number of nitrogens with one attached hydrogen (secondary N) is 1. The maximum Gasteiger partial charge on any atom is 0.277 e. The Morgan fingerprint density at radius 2 is 2.04 bits per heavy atom. The first kappa shape index (κ1) is 19.7. The van der Waals surface area contributed by atoms with E-state index in [1.807, 2.05) is 50.2 Å². The fraction of sp³-hybridized carbons (Fsp3) is 0.364. The quantitative estimate of drug-likeness (QED) is 0.560. The van der Waals surface area contributed by atoms with Crippen LogP contribution in [-0.4, -0.2) is 31.4 Å². The lowest BCUT2D eigenvalue weighted by Crippen LogP contribution is -2.24. The van der Waals surface area contributed by atoms with Crippen LogP contribution in [0.4, 0.5) is 0 Å². The maximum atomic E-state index is 12.0. The van der Waals surface area contributed by atoms with Crippen LogP contribution in [0.1, 0.15) is 37.5 Å². The Balaban J connectivity index is 1.57. The van der Waals surface area contributed by atoms with Gasteiger partial charge in [0.2, 0.25) is 0 Å². The first-order valence-electron chi connectivity index (χ1n) is 9.59. The third-order valence-corrected chi connectivity index (χ3v) is 4.42. The molecule has 1 heterocycles. The van der Waals surface area contributed by atoms with Crippen molar-refractivity contribution in [3.63, 3.8) is 0 Å². The maximum absolute atomic E-state index is 12.0. The molecule has 0 bridgehead atoms. The van der Waals surface area contributed by atoms with Gasteiger partial charge in [0.25, 0.3) is 5.91 Å². The van der Waals surface area contributed by atoms with E-state index in [2.05, 4.69) is 17.5 Å². The van der Waals surface area contributed by atoms with Gasteiger partial charge in [-0.1, -0.05) is 19.1 Å². The molecule has 1 amide bonds. The average Bonchev–Trinajstić information content (AvgIpc) is 3.06. The molecule has 0 aromatic heterocycles. The second-order valence-electron chi connectivity index (χ2n) is 6.64. The van der Waals surface area contributed by atoms with Gasteiger partial charge < -0.3 is 14.2 Å². The Bertz CT molecular complexity index is 846. The summed E-state index contributed by atoms with van der Waals surface area (Å²) >= 11 is 0. The van der Waals surface area contributed by atoms with Crippen LogP contribution in [0.3, 0.4) is 0 Å². The van der Waals surface area contributed by atoms with Gasteiger partial charge in [0.1, 0.15) is 23.4 Å². The van der Waals surface area contributed by atoms with Gasteiger partial charge in [-0.25, -0.2) is 5.43 Å². The average molecular weight is 382 g/mol. The number of carbonyl (C=O) groups is 1. The van der Waals surface area contributed by atoms with Crippen molar-refractivity contribution in [1.82, 2.24) is 5.43 Å². The molecule has 1 aliphatic heterocycles. The van der Waals surface area contributed by atoms with Gasteiger partial charge in [0.05, 0.1) is 12.8 Å². The van der Waals surface area contributed by atoms with Gasteiger partial charge in [0, 0.05) is 17.5 Å². The van der Waals surface area contributed by atoms with Crippen molar-refractivity contribution in [2.24, 2.45) is 5.10 Å². The monoisotopic (exact) mass is 382 g/mol. The summed E-state index contributed by atoms with van der Waals surface area (Å²) in [5.74, 6) is 1.88. The fourth-order valence-electron chi connectivity index (χ4n) is 3.01. The largest absolute Gasteiger partial charge is 0.493 e. The third-order valence-electron chi connectivity index (χ3n) is 4.42. The SMILES string of the molecule is CCOc1cc2c(cc1/C=N\NC(=O)COc1ccc(CC)cc1)O[C@@H](C)C2. The number of nitrogens with zero attached hydrogens (tertiary/aromatic N) is 1. The first-order chi connectivity index (χ1) is 13.6. The fourth-order valence-corrected chi connectivity index (χ4v) is 3.01. The molecule has 2 aromatic carbocycles. The van der Waals surface area contributed by atoms with E-state index in [-0.39, 0.29) is 18.6 Å². The number of hydrogen-bond acceptors (Lipinski definition) is 5. The van der Waals surface area contributed by atoms with Gasteiger partial charge in [-0.05, 0) is 50.1 Å². The molecule has 6 heteroatoms. The lowest BCUT2D eigenvalue weighted by atomic mass is 10.1. The second-order valence-corrected chi connectivity index (χ2v) is 6.64. The number of hydrazone groups is 1. The summed E-state index contributed by atoms with van der Waals surface area (Å²) in [6.45, 7) is 6.49. The van der Waals surface area contributed by atoms with E-state index in [0.29, 0.717) is 12.4 Å². The van der Waals surface area contributed by atoms with Crippen molar-refractivity contribution in [2.75, 3.05) is 13.2 Å². The Morgan fingerprint density at radius 1 is 1.25 bits per heavy atom. The van der Waals surface area contributed by atoms with E-state index in [1.165, 1.54) is 5.56 Å². The molecule has 0 aliphatic carbocycles. The van der Waals surface area contributed by atoms with Crippen LogP contribution in [-0.2, 0) is 17.6 Å². The minimum absolute atomic E-state index is 0.105. The van der Waals surface area contributed by atoms with E-state index < -0.39 is 0 Å². The molecule has 2 aromatic rings. The summed E-state index contributed by atoms with van der Waals surface area (Å²) in [4.78, 5) is 12.0. The molecule has 28 heavy (non-hydrogen) atoms. The highest BCUT2D eigenvalue weighted by Gasteiger charge is 2.21. The molecule has 1 atom stereocenters. The molecule has 1 N–H and O–H groups in total. The zero-order valence-corrected chi connectivity index (χ0v) is 16.5. The van der Waals surface area contributed by atoms with Crippen molar-refractivity contribution in [3.05, 3.63) is 53.1 Å². The number of amides is 1. The van der Waals surface area contributed by atoms with Crippen LogP contribution in [0.5, 0.6) is 17.2 Å². The van der Waals surface area contributed by atoms with Gasteiger partial charge in [-0.3, -0.25) is 4.79 Å². The van der Waals surface area contributed by atoms with Gasteiger partial charge in [0.15, 0.2) is 6.61 Å². The van der Waals surface area contributed by atoms with Gasteiger partial charge >= 0.3 is 0 Å². The van der Waals surface area contributed by atoms with Crippen LogP contribution in [0, 0.1) is 0 Å². The summed E-state index contributed by atoms with van der Waals surface area (Å²) in [5, 5.41) is 4.03. The first-order valence-corrected chi connectivity index (χ1v) is 9.59. The van der Waals surface area contributed by atoms with Crippen molar-refractivity contribution in [3.8, 4) is 17.2 Å². The minimum atomic E-state index is -0.334. The van der Waals surface area contributed by atoms with Crippen molar-refractivity contribution in [1.29, 1.82) is 0 Å². The lowest BCUT2D eigenvalue weighted by molar-refractivity contribution is -0.123. The summed E-state index contributed by atoms with van der Waals surface area (Å²) in [5.41, 5.74) is 5.58. The predicted octanol–water partition coefficient (Wildman–Crippen LogP) is 3.50. The highest BCUT2D eigenvalue weighted by Crippen LogP contribution is 2.34. The molecule has 0 spiro atoms. The zero-order valence-electron chi connectivity index (χ0n) is 16.5. The second kappa shape index (κ2) is 9.26. The molecule has 0 fully saturated rings. The molecule has 1 aliphatic rings. The summed E-state index contributed by atoms with van der Waals surface area (Å²) in [6, 6.07) is 11.6. The topological polar surface area (TPSA) is 69.2 Å². The molecular weight excluding hydrogens is 356 g/mol. The van der Waals surface area contributed by atoms with Crippen LogP contribution < -0.4 is 19.6 Å². The van der Waals surface area contributed by atoms with E-state index in [0.717, 1.165) is 35.5 Å². The smallest absolute Gasteiger partial charge is 0.277 e. The number of benzene rings is 2. The molecule has 0 unspecified atom stereocenters. The lowest BCUT2D eigenvalue weighted by Gasteiger charge is -2.09. The number of carbonyl (C=O) groups excluding carboxylic acids is 1. The Kier molecular flexibility index (Phi) is 6.53. The molecule has 148 valence electrons. The van der Waals surface area contributed by atoms with Gasteiger partial charge in [-0.2, -0.15) is 5.10 Å². The normalized spacial score (nSPS) is 15.2. The van der Waals surface area contributed by atoms with Crippen molar-refractivity contribution >= 4 is 12.1 Å². The number of fused-ring (bicyclic) bond motifs is 1. The van der Waals surface area contributed by atoms with Crippen LogP contribution in [0.2, 0.25) is 0 Å². The van der Waals surface area contributed by atoms with Crippen molar-refractivity contribution in [2.45, 2.75) is 39.7 Å². The Labute approximate surface area is 165 Å². The molecular formula is C22H26N2O4. The standard InChI is InChI=1S/C22H26N2O4/c1-4-16-6-8-19(9-7-16)27-14-22(25)24-23-13-18-12-21-17(10-15(3)28-21)11-20(18)26-5-2/h6-9,11-13,15H,4-5,10,14H2,1-3H3,(H,24,25)/b23-13-/t15-/m0/s1. The van der Waals surface area contributed by atoms with Gasteiger partial charge in [-0.15, -0.1) is 0 Å². The molecule has 3 rings (SSSR count). The van der Waals surface area contributed by atoms with E-state index in [4.69, 9.17) is 14.2 Å². The van der Waals surface area contributed by atoms with Crippen LogP contribution in [0.15, 0.2) is 41.5 Å². The summed E-state index contributed by atoms with van der Waals surface area (Å²) < 4.78 is 17.0. The predicted molar refractivity (Wildman–Crippen MR) is 108 cm³/mol. The van der Waals surface area contributed by atoms with Crippen LogP contribution in [0.25, 0.3) is 0 Å². The van der Waals surface area contributed by atoms with E-state index in [1.54, 1.807) is 6.21 Å². The van der Waals surface area contributed by atoms with E-state index >= 15 is 0 Å². The van der Waals surface area contributed by atoms with Crippen LogP contribution >= 0.6 is 0 Å². The Morgan fingerprint density at radius 3 is 2.75 bits per heavy atom. The zero-order chi connectivity index (χ0) is 19.9. The third kappa shape index (κ3) is 5.03. The molecule has 6 nitrogen and oxygen atoms in total. The molecule has 0 radical (unpaired) electrons. The molecule has 0 saturated carbocycles. The minimum Gasteiger partial charge on any atom is -0.493 e. The molecule has 0 saturated heterocycles. The summed E-state index contributed by atoms with van der Waals surface area (Å²) in [6.07, 6.45) is 3.54. The van der Waals surface area contributed by atoms with E-state index in [9.17, 15) is 4.79 Å². The summed E-state index contributed by atoms with van der Waals surface area (Å²) in [7, 11) is 0. The number of aryl methyl sites for hydroxylation is 1. The number of rotatable bonds is 8. The number of hydrogen-bond donors (Lipinski definition) is 1. The van der Waals surface area contributed by atoms with Crippen molar-refractivity contribution < 1.29 is 19.0 Å². The highest BCUT2D eigenvalue weighted by molar-refractivity contribution is 5.86. The highest BCUT2D eigenvalue weighted by atomic mass is 16.5.